The highest BCUT2D eigenvalue weighted by atomic mass is 19.3. The Kier molecular flexibility index (Phi) is 6.89. The van der Waals surface area contributed by atoms with E-state index in [1.807, 2.05) is 6.92 Å². The van der Waals surface area contributed by atoms with Crippen LogP contribution in [0.3, 0.4) is 0 Å². The lowest BCUT2D eigenvalue weighted by Crippen LogP contribution is -2.26. The Bertz CT molecular complexity index is 1090. The highest BCUT2D eigenvalue weighted by molar-refractivity contribution is 6.05. The molecule has 6 nitrogen and oxygen atoms in total. The van der Waals surface area contributed by atoms with E-state index < -0.39 is 6.61 Å². The average Bonchev–Trinajstić information content (AvgIpc) is 3.02. The lowest BCUT2D eigenvalue weighted by molar-refractivity contribution is -0.120. The third kappa shape index (κ3) is 4.84. The van der Waals surface area contributed by atoms with Crippen molar-refractivity contribution in [1.82, 2.24) is 9.88 Å². The predicted molar refractivity (Wildman–Crippen MR) is 113 cm³/mol. The van der Waals surface area contributed by atoms with Crippen molar-refractivity contribution in [1.29, 1.82) is 0 Å². The van der Waals surface area contributed by atoms with Gasteiger partial charge in [0.15, 0.2) is 0 Å². The second-order valence-corrected chi connectivity index (χ2v) is 7.02. The smallest absolute Gasteiger partial charge is 0.387 e. The zero-order valence-electron chi connectivity index (χ0n) is 17.6. The maximum atomic E-state index is 13.3. The van der Waals surface area contributed by atoms with Gasteiger partial charge in [-0.15, -0.1) is 0 Å². The van der Waals surface area contributed by atoms with Crippen LogP contribution >= 0.6 is 0 Å². The zero-order chi connectivity index (χ0) is 22.5. The second kappa shape index (κ2) is 9.59. The molecule has 0 atom stereocenters. The minimum absolute atomic E-state index is 0.0290. The molecule has 3 aromatic rings. The van der Waals surface area contributed by atoms with E-state index >= 15 is 0 Å². The molecular formula is C23H24F2N2O4. The van der Waals surface area contributed by atoms with Crippen molar-refractivity contribution in [3.63, 3.8) is 0 Å². The van der Waals surface area contributed by atoms with Crippen LogP contribution in [0.5, 0.6) is 11.5 Å². The van der Waals surface area contributed by atoms with Crippen LogP contribution in [-0.4, -0.2) is 36.6 Å². The number of nitrogens with one attached hydrogen (secondary N) is 1. The van der Waals surface area contributed by atoms with Gasteiger partial charge in [0.1, 0.15) is 11.5 Å². The van der Waals surface area contributed by atoms with E-state index in [0.29, 0.717) is 29.1 Å². The molecule has 0 radical (unpaired) electrons. The number of nitrogens with zero attached hydrogens (tertiary/aromatic N) is 1. The van der Waals surface area contributed by atoms with Crippen LogP contribution in [0.1, 0.15) is 35.0 Å². The number of halogens is 2. The van der Waals surface area contributed by atoms with Crippen LogP contribution in [0.25, 0.3) is 10.9 Å². The summed E-state index contributed by atoms with van der Waals surface area (Å²) < 4.78 is 36.0. The number of aromatic nitrogens is 1. The van der Waals surface area contributed by atoms with Gasteiger partial charge in [-0.3, -0.25) is 14.2 Å². The van der Waals surface area contributed by atoms with Gasteiger partial charge in [0.05, 0.1) is 19.0 Å². The third-order valence-electron chi connectivity index (χ3n) is 4.98. The number of carbonyl (C=O) groups excluding carboxylic acids is 2. The van der Waals surface area contributed by atoms with E-state index in [9.17, 15) is 18.4 Å². The molecule has 3 rings (SSSR count). The molecule has 1 aromatic heterocycles. The number of ether oxygens (including phenoxy) is 2. The van der Waals surface area contributed by atoms with Gasteiger partial charge in [-0.2, -0.15) is 8.78 Å². The van der Waals surface area contributed by atoms with Gasteiger partial charge in [0.25, 0.3) is 5.91 Å². The molecule has 1 N–H and O–H groups in total. The number of fused-ring (bicyclic) bond motifs is 1. The summed E-state index contributed by atoms with van der Waals surface area (Å²) >= 11 is 0. The monoisotopic (exact) mass is 430 g/mol. The summed E-state index contributed by atoms with van der Waals surface area (Å²) in [6.07, 6.45) is 0.945. The molecule has 0 aliphatic carbocycles. The highest BCUT2D eigenvalue weighted by Gasteiger charge is 2.22. The molecule has 0 aliphatic heterocycles. The summed E-state index contributed by atoms with van der Waals surface area (Å²) in [7, 11) is 1.55. The zero-order valence-corrected chi connectivity index (χ0v) is 17.6. The fourth-order valence-corrected chi connectivity index (χ4v) is 3.47. The van der Waals surface area contributed by atoms with Crippen LogP contribution in [0, 0.1) is 6.92 Å². The first-order valence-corrected chi connectivity index (χ1v) is 9.89. The Labute approximate surface area is 178 Å². The molecule has 1 heterocycles. The van der Waals surface area contributed by atoms with Gasteiger partial charge < -0.3 is 14.8 Å². The SMILES string of the molecule is CCCNC(=O)Cc1c(C)n(C(=O)c2ccc(OC(F)F)cc2)c2ccc(OC)cc12. The van der Waals surface area contributed by atoms with Crippen molar-refractivity contribution in [2.45, 2.75) is 33.3 Å². The van der Waals surface area contributed by atoms with Crippen molar-refractivity contribution in [3.8, 4) is 11.5 Å². The number of carbonyl (C=O) groups is 2. The van der Waals surface area contributed by atoms with Crippen molar-refractivity contribution in [3.05, 3.63) is 59.3 Å². The van der Waals surface area contributed by atoms with Gasteiger partial charge in [0.2, 0.25) is 5.91 Å². The van der Waals surface area contributed by atoms with E-state index in [1.165, 1.54) is 28.8 Å². The first-order chi connectivity index (χ1) is 14.8. The Hall–Kier alpha value is -3.42. The van der Waals surface area contributed by atoms with E-state index in [2.05, 4.69) is 10.1 Å². The van der Waals surface area contributed by atoms with Gasteiger partial charge in [-0.1, -0.05) is 6.92 Å². The van der Waals surface area contributed by atoms with Crippen molar-refractivity contribution >= 4 is 22.7 Å². The van der Waals surface area contributed by atoms with Crippen LogP contribution < -0.4 is 14.8 Å². The third-order valence-corrected chi connectivity index (χ3v) is 4.98. The van der Waals surface area contributed by atoms with Gasteiger partial charge in [-0.25, -0.2) is 0 Å². The Balaban J connectivity index is 2.04. The number of alkyl halides is 2. The lowest BCUT2D eigenvalue weighted by atomic mass is 10.1. The number of rotatable bonds is 8. The van der Waals surface area contributed by atoms with Gasteiger partial charge in [0, 0.05) is 23.2 Å². The number of hydrogen-bond acceptors (Lipinski definition) is 4. The molecule has 2 aromatic carbocycles. The molecule has 1 amide bonds. The summed E-state index contributed by atoms with van der Waals surface area (Å²) in [6.45, 7) is 1.39. The average molecular weight is 430 g/mol. The van der Waals surface area contributed by atoms with Gasteiger partial charge in [-0.05, 0) is 61.4 Å². The fraction of sp³-hybridized carbons (Fsp3) is 0.304. The molecule has 8 heteroatoms. The summed E-state index contributed by atoms with van der Waals surface area (Å²) in [5, 5.41) is 3.60. The molecule has 31 heavy (non-hydrogen) atoms. The largest absolute Gasteiger partial charge is 0.497 e. The molecule has 0 saturated carbocycles. The summed E-state index contributed by atoms with van der Waals surface area (Å²) in [6, 6.07) is 10.8. The summed E-state index contributed by atoms with van der Waals surface area (Å²) in [5.41, 5.74) is 2.30. The first kappa shape index (κ1) is 22.3. The number of methoxy groups -OCH3 is 1. The van der Waals surface area contributed by atoms with Crippen LogP contribution in [0.4, 0.5) is 8.78 Å². The number of hydrogen-bond donors (Lipinski definition) is 1. The predicted octanol–water partition coefficient (Wildman–Crippen LogP) is 4.32. The molecule has 0 fully saturated rings. The fourth-order valence-electron chi connectivity index (χ4n) is 3.47. The molecule has 0 saturated heterocycles. The first-order valence-electron chi connectivity index (χ1n) is 9.89. The maximum Gasteiger partial charge on any atom is 0.387 e. The molecule has 164 valence electrons. The minimum Gasteiger partial charge on any atom is -0.497 e. The van der Waals surface area contributed by atoms with Crippen LogP contribution in [0.2, 0.25) is 0 Å². The van der Waals surface area contributed by atoms with Crippen LogP contribution in [-0.2, 0) is 11.2 Å². The Morgan fingerprint density at radius 1 is 1.10 bits per heavy atom. The standard InChI is InChI=1S/C23H24F2N2O4/c1-4-11-26-21(28)13-18-14(2)27(20-10-9-17(30-3)12-19(18)20)22(29)15-5-7-16(8-6-15)31-23(24)25/h5-10,12,23H,4,11,13H2,1-3H3,(H,26,28). The number of benzene rings is 2. The molecule has 0 unspecified atom stereocenters. The van der Waals surface area contributed by atoms with E-state index in [4.69, 9.17) is 4.74 Å². The summed E-state index contributed by atoms with van der Waals surface area (Å²) in [4.78, 5) is 25.7. The normalized spacial score (nSPS) is 11.0. The Morgan fingerprint density at radius 3 is 2.39 bits per heavy atom. The Morgan fingerprint density at radius 2 is 1.77 bits per heavy atom. The quantitative estimate of drug-likeness (QED) is 0.578. The van der Waals surface area contributed by atoms with Crippen molar-refractivity contribution in [2.24, 2.45) is 0 Å². The molecule has 0 aliphatic rings. The van der Waals surface area contributed by atoms with Crippen LogP contribution in [0.15, 0.2) is 42.5 Å². The molecule has 0 spiro atoms. The van der Waals surface area contributed by atoms with Crippen molar-refractivity contribution < 1.29 is 27.8 Å². The summed E-state index contributed by atoms with van der Waals surface area (Å²) in [5.74, 6) is 0.115. The topological polar surface area (TPSA) is 69.6 Å². The second-order valence-electron chi connectivity index (χ2n) is 7.02. The molecule has 0 bridgehead atoms. The minimum atomic E-state index is -2.94. The van der Waals surface area contributed by atoms with E-state index in [-0.39, 0.29) is 24.0 Å². The van der Waals surface area contributed by atoms with E-state index in [0.717, 1.165) is 17.4 Å². The van der Waals surface area contributed by atoms with Crippen molar-refractivity contribution in [2.75, 3.05) is 13.7 Å². The highest BCUT2D eigenvalue weighted by Crippen LogP contribution is 2.31. The number of amides is 1. The molecular weight excluding hydrogens is 406 g/mol. The van der Waals surface area contributed by atoms with E-state index in [1.54, 1.807) is 32.2 Å². The van der Waals surface area contributed by atoms with Gasteiger partial charge >= 0.3 is 6.61 Å². The maximum absolute atomic E-state index is 13.3. The lowest BCUT2D eigenvalue weighted by Gasteiger charge is -2.09.